The molecule has 1 atom stereocenters. The zero-order valence-electron chi connectivity index (χ0n) is 16.4. The number of hydrogen-bond donors (Lipinski definition) is 2. The van der Waals surface area contributed by atoms with Crippen LogP contribution in [0.5, 0.6) is 5.75 Å². The van der Waals surface area contributed by atoms with Crippen molar-refractivity contribution in [3.63, 3.8) is 0 Å². The molecule has 2 heterocycles. The number of hydrogen-bond acceptors (Lipinski definition) is 4. The number of nitrogens with one attached hydrogen (secondary N) is 1. The molecule has 0 aliphatic carbocycles. The summed E-state index contributed by atoms with van der Waals surface area (Å²) in [6.07, 6.45) is 2.52. The molecule has 0 aromatic heterocycles. The minimum absolute atomic E-state index is 0.0901. The van der Waals surface area contributed by atoms with Crippen LogP contribution in [0.3, 0.4) is 0 Å². The average Bonchev–Trinajstić information content (AvgIpc) is 2.70. The van der Waals surface area contributed by atoms with Crippen molar-refractivity contribution in [2.45, 2.75) is 51.4 Å². The van der Waals surface area contributed by atoms with E-state index < -0.39 is 6.10 Å². The first-order valence-corrected chi connectivity index (χ1v) is 10.1. The highest BCUT2D eigenvalue weighted by Gasteiger charge is 2.27. The number of para-hydroxylation sites is 1. The number of anilines is 1. The number of fused-ring (bicyclic) bond motifs is 1. The van der Waals surface area contributed by atoms with E-state index in [2.05, 4.69) is 29.3 Å². The van der Waals surface area contributed by atoms with Crippen LogP contribution in [0.25, 0.3) is 0 Å². The molecule has 2 aromatic carbocycles. The number of carbonyl (C=O) groups is 1. The third kappa shape index (κ3) is 4.37. The summed E-state index contributed by atoms with van der Waals surface area (Å²) in [6.45, 7) is 4.60. The van der Waals surface area contributed by atoms with Crippen molar-refractivity contribution < 1.29 is 14.6 Å². The van der Waals surface area contributed by atoms with Crippen LogP contribution < -0.4 is 10.1 Å². The molecular weight excluding hydrogens is 352 g/mol. The van der Waals surface area contributed by atoms with Gasteiger partial charge in [-0.2, -0.15) is 0 Å². The van der Waals surface area contributed by atoms with Crippen molar-refractivity contribution in [1.29, 1.82) is 0 Å². The molecule has 1 amide bonds. The summed E-state index contributed by atoms with van der Waals surface area (Å²) in [5.74, 6) is 0.727. The molecule has 5 nitrogen and oxygen atoms in total. The van der Waals surface area contributed by atoms with Gasteiger partial charge in [0.2, 0.25) is 0 Å². The quantitative estimate of drug-likeness (QED) is 0.855. The topological polar surface area (TPSA) is 61.8 Å². The number of aliphatic hydroxyl groups excluding tert-OH is 1. The molecule has 1 unspecified atom stereocenters. The second kappa shape index (κ2) is 8.33. The average molecular weight is 380 g/mol. The smallest absolute Gasteiger partial charge is 0.265 e. The molecule has 2 aromatic rings. The van der Waals surface area contributed by atoms with Gasteiger partial charge in [-0.05, 0) is 55.9 Å². The van der Waals surface area contributed by atoms with Gasteiger partial charge in [0.1, 0.15) is 5.75 Å². The number of piperidine rings is 1. The Kier molecular flexibility index (Phi) is 5.64. The van der Waals surface area contributed by atoms with E-state index in [-0.39, 0.29) is 12.0 Å². The molecule has 1 fully saturated rings. The minimum atomic E-state index is -0.464. The standard InChI is InChI=1S/C23H28N2O3/c1-16-6-8-21-17(14-16)7-9-22(28-21)23(27)24-20-5-3-2-4-18(20)15-25-12-10-19(26)11-13-25/h2-6,8,14,19,22,26H,7,9-13,15H2,1H3,(H,24,27). The number of benzene rings is 2. The second-order valence-corrected chi connectivity index (χ2v) is 7.91. The molecule has 0 bridgehead atoms. The molecule has 0 saturated carbocycles. The van der Waals surface area contributed by atoms with Crippen LogP contribution >= 0.6 is 0 Å². The predicted octanol–water partition coefficient (Wildman–Crippen LogP) is 3.28. The maximum absolute atomic E-state index is 12.8. The van der Waals surface area contributed by atoms with E-state index >= 15 is 0 Å². The molecule has 4 rings (SSSR count). The Morgan fingerprint density at radius 3 is 2.79 bits per heavy atom. The number of rotatable bonds is 4. The van der Waals surface area contributed by atoms with Gasteiger partial charge in [-0.1, -0.05) is 35.9 Å². The number of amides is 1. The molecule has 28 heavy (non-hydrogen) atoms. The van der Waals surface area contributed by atoms with Crippen molar-refractivity contribution in [3.05, 3.63) is 59.2 Å². The highest BCUT2D eigenvalue weighted by Crippen LogP contribution is 2.29. The number of carbonyl (C=O) groups excluding carboxylic acids is 1. The first-order valence-electron chi connectivity index (χ1n) is 10.1. The fourth-order valence-electron chi connectivity index (χ4n) is 4.01. The normalized spacial score (nSPS) is 20.3. The van der Waals surface area contributed by atoms with Crippen molar-refractivity contribution >= 4 is 11.6 Å². The predicted molar refractivity (Wildman–Crippen MR) is 110 cm³/mol. The Morgan fingerprint density at radius 1 is 1.18 bits per heavy atom. The summed E-state index contributed by atoms with van der Waals surface area (Å²) in [7, 11) is 0. The molecule has 5 heteroatoms. The molecule has 2 N–H and O–H groups in total. The van der Waals surface area contributed by atoms with Crippen molar-refractivity contribution in [3.8, 4) is 5.75 Å². The van der Waals surface area contributed by atoms with E-state index in [0.29, 0.717) is 6.42 Å². The summed E-state index contributed by atoms with van der Waals surface area (Å²) in [5, 5.41) is 12.8. The molecule has 2 aliphatic heterocycles. The van der Waals surface area contributed by atoms with Gasteiger partial charge in [0.25, 0.3) is 5.91 Å². The molecule has 2 aliphatic rings. The fourth-order valence-corrected chi connectivity index (χ4v) is 4.01. The minimum Gasteiger partial charge on any atom is -0.480 e. The van der Waals surface area contributed by atoms with E-state index in [1.807, 2.05) is 30.3 Å². The monoisotopic (exact) mass is 380 g/mol. The number of nitrogens with zero attached hydrogens (tertiary/aromatic N) is 1. The number of aliphatic hydroxyl groups is 1. The van der Waals surface area contributed by atoms with Crippen LogP contribution in [0.2, 0.25) is 0 Å². The van der Waals surface area contributed by atoms with Crippen LogP contribution in [0.1, 0.15) is 36.0 Å². The first kappa shape index (κ1) is 19.0. The molecule has 148 valence electrons. The lowest BCUT2D eigenvalue weighted by atomic mass is 10.00. The second-order valence-electron chi connectivity index (χ2n) is 7.91. The summed E-state index contributed by atoms with van der Waals surface area (Å²) < 4.78 is 5.97. The van der Waals surface area contributed by atoms with Gasteiger partial charge in [-0.25, -0.2) is 0 Å². The Labute approximate surface area is 166 Å². The van der Waals surface area contributed by atoms with Crippen LogP contribution in [0.15, 0.2) is 42.5 Å². The SMILES string of the molecule is Cc1ccc2c(c1)CCC(C(=O)Nc1ccccc1CN1CCC(O)CC1)O2. The molecule has 1 saturated heterocycles. The van der Waals surface area contributed by atoms with Crippen LogP contribution in [0, 0.1) is 6.92 Å². The third-order valence-electron chi connectivity index (χ3n) is 5.68. The Bertz CT molecular complexity index is 843. The maximum Gasteiger partial charge on any atom is 0.265 e. The number of ether oxygens (including phenoxy) is 1. The summed E-state index contributed by atoms with van der Waals surface area (Å²) in [5.41, 5.74) is 4.33. The molecule has 0 radical (unpaired) electrons. The Hall–Kier alpha value is -2.37. The molecule has 0 spiro atoms. The number of aryl methyl sites for hydroxylation is 2. The lowest BCUT2D eigenvalue weighted by Crippen LogP contribution is -2.37. The van der Waals surface area contributed by atoms with Gasteiger partial charge in [-0.15, -0.1) is 0 Å². The van der Waals surface area contributed by atoms with Crippen LogP contribution in [-0.4, -0.2) is 41.2 Å². The lowest BCUT2D eigenvalue weighted by Gasteiger charge is -2.30. The van der Waals surface area contributed by atoms with Crippen molar-refractivity contribution in [1.82, 2.24) is 4.90 Å². The summed E-state index contributed by atoms with van der Waals surface area (Å²) >= 11 is 0. The summed E-state index contributed by atoms with van der Waals surface area (Å²) in [6, 6.07) is 14.1. The zero-order valence-corrected chi connectivity index (χ0v) is 16.4. The maximum atomic E-state index is 12.8. The largest absolute Gasteiger partial charge is 0.480 e. The van der Waals surface area contributed by atoms with Crippen molar-refractivity contribution in [2.24, 2.45) is 0 Å². The highest BCUT2D eigenvalue weighted by atomic mass is 16.5. The van der Waals surface area contributed by atoms with Gasteiger partial charge in [-0.3, -0.25) is 9.69 Å². The molecular formula is C23H28N2O3. The van der Waals surface area contributed by atoms with Gasteiger partial charge < -0.3 is 15.2 Å². The highest BCUT2D eigenvalue weighted by molar-refractivity contribution is 5.95. The van der Waals surface area contributed by atoms with Gasteiger partial charge in [0.05, 0.1) is 6.10 Å². The van der Waals surface area contributed by atoms with Gasteiger partial charge in [0.15, 0.2) is 6.10 Å². The Morgan fingerprint density at radius 2 is 1.96 bits per heavy atom. The van der Waals surface area contributed by atoms with E-state index in [1.54, 1.807) is 0 Å². The first-order chi connectivity index (χ1) is 13.6. The summed E-state index contributed by atoms with van der Waals surface area (Å²) in [4.78, 5) is 15.2. The van der Waals surface area contributed by atoms with E-state index in [4.69, 9.17) is 4.74 Å². The van der Waals surface area contributed by atoms with E-state index in [1.165, 1.54) is 11.1 Å². The third-order valence-corrected chi connectivity index (χ3v) is 5.68. The number of likely N-dealkylation sites (tertiary alicyclic amines) is 1. The zero-order chi connectivity index (χ0) is 19.5. The van der Waals surface area contributed by atoms with Crippen LogP contribution in [0.4, 0.5) is 5.69 Å². The lowest BCUT2D eigenvalue weighted by molar-refractivity contribution is -0.123. The van der Waals surface area contributed by atoms with Gasteiger partial charge >= 0.3 is 0 Å². The van der Waals surface area contributed by atoms with Crippen LogP contribution in [-0.2, 0) is 17.8 Å². The van der Waals surface area contributed by atoms with Crippen molar-refractivity contribution in [2.75, 3.05) is 18.4 Å². The van der Waals surface area contributed by atoms with Gasteiger partial charge in [0, 0.05) is 25.3 Å². The Balaban J connectivity index is 1.41. The fraction of sp³-hybridized carbons (Fsp3) is 0.435. The van der Waals surface area contributed by atoms with E-state index in [9.17, 15) is 9.90 Å². The van der Waals surface area contributed by atoms with E-state index in [0.717, 1.165) is 55.9 Å².